The minimum atomic E-state index is -4.14. The molecule has 9 heteroatoms. The molecule has 2 N–H and O–H groups in total. The first-order valence-corrected chi connectivity index (χ1v) is 7.20. The number of halogens is 1. The number of sulfonamides is 1. The SMILES string of the molecule is COCCCC(NS(=O)(=O)c1cncc(F)c1)C(=O)O. The van der Waals surface area contributed by atoms with Crippen LogP contribution in [0.2, 0.25) is 0 Å². The molecule has 1 aromatic heterocycles. The van der Waals surface area contributed by atoms with E-state index < -0.39 is 32.7 Å². The number of nitrogens with zero attached hydrogens (tertiary/aromatic N) is 1. The predicted molar refractivity (Wildman–Crippen MR) is 67.1 cm³/mol. The van der Waals surface area contributed by atoms with E-state index in [4.69, 9.17) is 9.84 Å². The van der Waals surface area contributed by atoms with Crippen LogP contribution in [0.15, 0.2) is 23.4 Å². The lowest BCUT2D eigenvalue weighted by molar-refractivity contribution is -0.139. The molecule has 0 aliphatic heterocycles. The summed E-state index contributed by atoms with van der Waals surface area (Å²) in [5, 5.41) is 8.98. The fourth-order valence-corrected chi connectivity index (χ4v) is 2.66. The number of hydrogen-bond donors (Lipinski definition) is 2. The molecular formula is C11H15FN2O5S. The maximum Gasteiger partial charge on any atom is 0.321 e. The highest BCUT2D eigenvalue weighted by Gasteiger charge is 2.25. The molecule has 1 aromatic rings. The van der Waals surface area contributed by atoms with Crippen molar-refractivity contribution in [1.29, 1.82) is 0 Å². The van der Waals surface area contributed by atoms with Gasteiger partial charge in [0.15, 0.2) is 0 Å². The number of pyridine rings is 1. The van der Waals surface area contributed by atoms with E-state index in [-0.39, 0.29) is 6.42 Å². The van der Waals surface area contributed by atoms with Crippen molar-refractivity contribution >= 4 is 16.0 Å². The predicted octanol–water partition coefficient (Wildman–Crippen LogP) is 0.379. The minimum absolute atomic E-state index is 0.0607. The largest absolute Gasteiger partial charge is 0.480 e. The lowest BCUT2D eigenvalue weighted by Gasteiger charge is -2.14. The van der Waals surface area contributed by atoms with Crippen LogP contribution in [0.4, 0.5) is 4.39 Å². The number of nitrogens with one attached hydrogen (secondary N) is 1. The van der Waals surface area contributed by atoms with E-state index in [9.17, 15) is 17.6 Å². The molecule has 0 amide bonds. The second-order valence-electron chi connectivity index (χ2n) is 3.99. The van der Waals surface area contributed by atoms with Gasteiger partial charge in [-0.15, -0.1) is 0 Å². The van der Waals surface area contributed by atoms with Crippen LogP contribution in [-0.4, -0.2) is 44.2 Å². The number of aromatic nitrogens is 1. The number of aliphatic carboxylic acids is 1. The standard InChI is InChI=1S/C11H15FN2O5S/c1-19-4-2-3-10(11(15)16)14-20(17,18)9-5-8(12)6-13-7-9/h5-7,10,14H,2-4H2,1H3,(H,15,16). The minimum Gasteiger partial charge on any atom is -0.480 e. The van der Waals surface area contributed by atoms with Gasteiger partial charge in [0.1, 0.15) is 16.8 Å². The van der Waals surface area contributed by atoms with E-state index in [0.29, 0.717) is 13.0 Å². The Labute approximate surface area is 115 Å². The van der Waals surface area contributed by atoms with E-state index in [2.05, 4.69) is 4.98 Å². The van der Waals surface area contributed by atoms with Crippen LogP contribution in [-0.2, 0) is 19.6 Å². The Balaban J connectivity index is 2.83. The van der Waals surface area contributed by atoms with Crippen LogP contribution in [0, 0.1) is 5.82 Å². The van der Waals surface area contributed by atoms with Gasteiger partial charge in [-0.25, -0.2) is 12.8 Å². The Hall–Kier alpha value is -1.58. The average Bonchev–Trinajstić information content (AvgIpc) is 2.37. The molecule has 1 heterocycles. The van der Waals surface area contributed by atoms with E-state index in [1.807, 2.05) is 4.72 Å². The Morgan fingerprint density at radius 3 is 2.80 bits per heavy atom. The summed E-state index contributed by atoms with van der Waals surface area (Å²) in [6, 6.07) is -0.540. The quantitative estimate of drug-likeness (QED) is 0.673. The summed E-state index contributed by atoms with van der Waals surface area (Å²) < 4.78 is 43.6. The highest BCUT2D eigenvalue weighted by atomic mass is 32.2. The van der Waals surface area contributed by atoms with Crippen molar-refractivity contribution in [3.8, 4) is 0 Å². The molecule has 0 aromatic carbocycles. The first-order chi connectivity index (χ1) is 9.36. The third kappa shape index (κ3) is 4.83. The Morgan fingerprint density at radius 2 is 2.25 bits per heavy atom. The van der Waals surface area contributed by atoms with Crippen molar-refractivity contribution in [3.63, 3.8) is 0 Å². The molecule has 0 fully saturated rings. The zero-order valence-corrected chi connectivity index (χ0v) is 11.6. The smallest absolute Gasteiger partial charge is 0.321 e. The summed E-state index contributed by atoms with van der Waals surface area (Å²) in [6.07, 6.45) is 2.23. The number of carbonyl (C=O) groups is 1. The zero-order valence-electron chi connectivity index (χ0n) is 10.7. The molecule has 1 unspecified atom stereocenters. The van der Waals surface area contributed by atoms with Crippen molar-refractivity contribution in [1.82, 2.24) is 9.71 Å². The van der Waals surface area contributed by atoms with E-state index in [0.717, 1.165) is 18.5 Å². The molecule has 7 nitrogen and oxygen atoms in total. The number of hydrogen-bond acceptors (Lipinski definition) is 5. The molecule has 0 radical (unpaired) electrons. The molecule has 112 valence electrons. The summed E-state index contributed by atoms with van der Waals surface area (Å²) in [6.45, 7) is 0.313. The van der Waals surface area contributed by atoms with Gasteiger partial charge in [0.05, 0.1) is 6.20 Å². The third-order valence-corrected chi connectivity index (χ3v) is 3.87. The first-order valence-electron chi connectivity index (χ1n) is 5.71. The number of carboxylic acid groups (broad SMARTS) is 1. The summed E-state index contributed by atoms with van der Waals surface area (Å²) in [7, 11) is -2.68. The van der Waals surface area contributed by atoms with Gasteiger partial charge in [0, 0.05) is 19.9 Å². The van der Waals surface area contributed by atoms with Gasteiger partial charge in [-0.1, -0.05) is 0 Å². The monoisotopic (exact) mass is 306 g/mol. The van der Waals surface area contributed by atoms with Gasteiger partial charge in [0.2, 0.25) is 10.0 Å². The molecular weight excluding hydrogens is 291 g/mol. The normalized spacial score (nSPS) is 13.1. The fourth-order valence-electron chi connectivity index (χ4n) is 1.46. The Bertz CT molecular complexity index is 564. The van der Waals surface area contributed by atoms with Gasteiger partial charge >= 0.3 is 5.97 Å². The summed E-state index contributed by atoms with van der Waals surface area (Å²) in [4.78, 5) is 14.0. The van der Waals surface area contributed by atoms with Crippen LogP contribution in [0.5, 0.6) is 0 Å². The summed E-state index contributed by atoms with van der Waals surface area (Å²) in [5.74, 6) is -2.13. The number of ether oxygens (including phenoxy) is 1. The van der Waals surface area contributed by atoms with Crippen LogP contribution in [0.25, 0.3) is 0 Å². The van der Waals surface area contributed by atoms with Crippen molar-refractivity contribution in [2.75, 3.05) is 13.7 Å². The molecule has 0 aliphatic rings. The Morgan fingerprint density at radius 1 is 1.55 bits per heavy atom. The first kappa shape index (κ1) is 16.5. The molecule has 0 saturated heterocycles. The lowest BCUT2D eigenvalue weighted by Crippen LogP contribution is -2.40. The topological polar surface area (TPSA) is 106 Å². The van der Waals surface area contributed by atoms with Gasteiger partial charge in [0.25, 0.3) is 0 Å². The number of methoxy groups -OCH3 is 1. The van der Waals surface area contributed by atoms with Crippen LogP contribution < -0.4 is 4.72 Å². The second kappa shape index (κ2) is 7.27. The summed E-state index contributed by atoms with van der Waals surface area (Å²) >= 11 is 0. The molecule has 0 saturated carbocycles. The molecule has 0 aliphatic carbocycles. The third-order valence-electron chi connectivity index (χ3n) is 2.43. The van der Waals surface area contributed by atoms with Crippen molar-refractivity contribution in [2.45, 2.75) is 23.8 Å². The second-order valence-corrected chi connectivity index (χ2v) is 5.70. The van der Waals surface area contributed by atoms with Crippen LogP contribution in [0.3, 0.4) is 0 Å². The van der Waals surface area contributed by atoms with Crippen molar-refractivity contribution in [3.05, 3.63) is 24.3 Å². The van der Waals surface area contributed by atoms with Gasteiger partial charge < -0.3 is 9.84 Å². The number of rotatable bonds is 8. The molecule has 0 spiro atoms. The molecule has 1 rings (SSSR count). The zero-order chi connectivity index (χ0) is 15.2. The van der Waals surface area contributed by atoms with Crippen LogP contribution in [0.1, 0.15) is 12.8 Å². The van der Waals surface area contributed by atoms with E-state index >= 15 is 0 Å². The van der Waals surface area contributed by atoms with Crippen LogP contribution >= 0.6 is 0 Å². The maximum atomic E-state index is 13.0. The average molecular weight is 306 g/mol. The van der Waals surface area contributed by atoms with E-state index in [1.54, 1.807) is 0 Å². The summed E-state index contributed by atoms with van der Waals surface area (Å²) in [5.41, 5.74) is 0. The van der Waals surface area contributed by atoms with Gasteiger partial charge in [-0.05, 0) is 18.9 Å². The Kier molecular flexibility index (Phi) is 5.99. The lowest BCUT2D eigenvalue weighted by atomic mass is 10.2. The van der Waals surface area contributed by atoms with Crippen molar-refractivity contribution in [2.24, 2.45) is 0 Å². The van der Waals surface area contributed by atoms with E-state index in [1.165, 1.54) is 7.11 Å². The maximum absolute atomic E-state index is 13.0. The van der Waals surface area contributed by atoms with Gasteiger partial charge in [-0.3, -0.25) is 9.78 Å². The van der Waals surface area contributed by atoms with Crippen molar-refractivity contribution < 1.29 is 27.4 Å². The molecule has 1 atom stereocenters. The van der Waals surface area contributed by atoms with Gasteiger partial charge in [-0.2, -0.15) is 4.72 Å². The highest BCUT2D eigenvalue weighted by molar-refractivity contribution is 7.89. The fraction of sp³-hybridized carbons (Fsp3) is 0.455. The number of carboxylic acids is 1. The molecule has 20 heavy (non-hydrogen) atoms. The highest BCUT2D eigenvalue weighted by Crippen LogP contribution is 2.10. The molecule has 0 bridgehead atoms.